The maximum Gasteiger partial charge on any atom is 0.378 e. The summed E-state index contributed by atoms with van der Waals surface area (Å²) in [5.74, 6) is -8.38. The third-order valence-electron chi connectivity index (χ3n) is 2.33. The number of aliphatic hydroxyl groups excluding tert-OH is 2. The average molecular weight is 252 g/mol. The zero-order valence-electron chi connectivity index (χ0n) is 7.35. The summed E-state index contributed by atoms with van der Waals surface area (Å²) >= 11 is 0. The number of carbonyl (C=O) groups is 1. The molecule has 16 heavy (non-hydrogen) atoms. The lowest BCUT2D eigenvalue weighted by molar-refractivity contribution is -0.405. The van der Waals surface area contributed by atoms with Gasteiger partial charge in [0.1, 0.15) is 0 Å². The summed E-state index contributed by atoms with van der Waals surface area (Å²) in [5, 5.41) is 37.8. The molecule has 4 N–H and O–H groups in total. The van der Waals surface area contributed by atoms with Gasteiger partial charge in [-0.05, 0) is 0 Å². The summed E-state index contributed by atoms with van der Waals surface area (Å²) in [6.45, 7) is 0. The Morgan fingerprint density at radius 1 is 1.19 bits per heavy atom. The van der Waals surface area contributed by atoms with Crippen LogP contribution in [0.1, 0.15) is 0 Å². The SMILES string of the molecule is O=C1O[C@H]([C@]2(O)OP3OC2(O)O3)C(O)=C1O. The summed E-state index contributed by atoms with van der Waals surface area (Å²) in [6.07, 6.45) is -1.81. The number of aliphatic hydroxyl groups is 4. The van der Waals surface area contributed by atoms with Gasteiger partial charge < -0.3 is 25.2 Å². The van der Waals surface area contributed by atoms with E-state index in [9.17, 15) is 20.1 Å². The molecule has 3 saturated heterocycles. The topological polar surface area (TPSA) is 135 Å². The first kappa shape index (κ1) is 10.2. The average Bonchev–Trinajstić information content (AvgIpc) is 2.67. The van der Waals surface area contributed by atoms with Crippen molar-refractivity contribution in [2.75, 3.05) is 0 Å². The van der Waals surface area contributed by atoms with Gasteiger partial charge in [0.25, 0.3) is 0 Å². The van der Waals surface area contributed by atoms with Gasteiger partial charge >= 0.3 is 26.3 Å². The second kappa shape index (κ2) is 2.65. The highest BCUT2D eigenvalue weighted by molar-refractivity contribution is 7.43. The minimum Gasteiger partial charge on any atom is -0.505 e. The molecular formula is C6H5O9P. The van der Waals surface area contributed by atoms with Crippen LogP contribution in [-0.2, 0) is 23.1 Å². The van der Waals surface area contributed by atoms with Crippen molar-refractivity contribution in [2.24, 2.45) is 0 Å². The fraction of sp³-hybridized carbons (Fsp3) is 0.500. The molecule has 2 atom stereocenters. The zero-order chi connectivity index (χ0) is 11.7. The molecule has 0 saturated carbocycles. The van der Waals surface area contributed by atoms with Crippen molar-refractivity contribution in [1.82, 2.24) is 0 Å². The van der Waals surface area contributed by atoms with Gasteiger partial charge in [-0.25, -0.2) is 13.8 Å². The lowest BCUT2D eigenvalue weighted by Crippen LogP contribution is -2.60. The van der Waals surface area contributed by atoms with Gasteiger partial charge in [-0.1, -0.05) is 0 Å². The van der Waals surface area contributed by atoms with E-state index in [1.54, 1.807) is 0 Å². The molecule has 88 valence electrons. The molecule has 0 unspecified atom stereocenters. The van der Waals surface area contributed by atoms with Gasteiger partial charge in [-0.3, -0.25) is 4.52 Å². The van der Waals surface area contributed by atoms with Crippen LogP contribution in [0.4, 0.5) is 0 Å². The number of hydrogen-bond donors (Lipinski definition) is 4. The number of esters is 1. The van der Waals surface area contributed by atoms with Gasteiger partial charge in [0, 0.05) is 0 Å². The molecule has 0 aromatic rings. The van der Waals surface area contributed by atoms with Crippen molar-refractivity contribution in [1.29, 1.82) is 0 Å². The maximum absolute atomic E-state index is 10.9. The fourth-order valence-electron chi connectivity index (χ4n) is 1.47. The molecular weight excluding hydrogens is 247 g/mol. The Kier molecular flexibility index (Phi) is 1.69. The largest absolute Gasteiger partial charge is 0.505 e. The third kappa shape index (κ3) is 0.932. The van der Waals surface area contributed by atoms with Crippen LogP contribution in [0.2, 0.25) is 0 Å². The molecule has 3 fully saturated rings. The Hall–Kier alpha value is -0.960. The van der Waals surface area contributed by atoms with Crippen LogP contribution >= 0.6 is 8.60 Å². The molecule has 9 nitrogen and oxygen atoms in total. The first-order chi connectivity index (χ1) is 7.37. The van der Waals surface area contributed by atoms with Crippen molar-refractivity contribution >= 4 is 14.6 Å². The Morgan fingerprint density at radius 3 is 2.19 bits per heavy atom. The van der Waals surface area contributed by atoms with Crippen LogP contribution < -0.4 is 0 Å². The molecule has 4 aliphatic heterocycles. The van der Waals surface area contributed by atoms with Crippen molar-refractivity contribution in [3.05, 3.63) is 11.5 Å². The van der Waals surface area contributed by atoms with E-state index in [-0.39, 0.29) is 0 Å². The summed E-state index contributed by atoms with van der Waals surface area (Å²) in [7, 11) is -1.93. The summed E-state index contributed by atoms with van der Waals surface area (Å²) in [4.78, 5) is 10.9. The summed E-state index contributed by atoms with van der Waals surface area (Å²) in [5.41, 5.74) is 0. The van der Waals surface area contributed by atoms with Gasteiger partial charge in [-0.15, -0.1) is 0 Å². The van der Waals surface area contributed by atoms with Gasteiger partial charge in [0.05, 0.1) is 0 Å². The summed E-state index contributed by atoms with van der Waals surface area (Å²) < 4.78 is 18.4. The smallest absolute Gasteiger partial charge is 0.378 e. The van der Waals surface area contributed by atoms with E-state index in [0.29, 0.717) is 0 Å². The molecule has 4 aliphatic rings. The zero-order valence-corrected chi connectivity index (χ0v) is 8.25. The van der Waals surface area contributed by atoms with Crippen molar-refractivity contribution in [3.8, 4) is 0 Å². The molecule has 2 bridgehead atoms. The van der Waals surface area contributed by atoms with E-state index in [2.05, 4.69) is 13.8 Å². The third-order valence-corrected chi connectivity index (χ3v) is 3.55. The fourth-order valence-corrected chi connectivity index (χ4v) is 2.67. The number of fused-ring (bicyclic) bond motifs is 1. The molecule has 0 aliphatic carbocycles. The normalized spacial score (nSPS) is 50.5. The molecule has 0 aromatic heterocycles. The van der Waals surface area contributed by atoms with Crippen LogP contribution in [0.25, 0.3) is 0 Å². The summed E-state index contributed by atoms with van der Waals surface area (Å²) in [6, 6.07) is 0. The number of rotatable bonds is 1. The minimum absolute atomic E-state index is 0.961. The first-order valence-corrected chi connectivity index (χ1v) is 5.12. The molecule has 4 rings (SSSR count). The molecule has 0 amide bonds. The van der Waals surface area contributed by atoms with Gasteiger partial charge in [0.15, 0.2) is 5.76 Å². The monoisotopic (exact) mass is 252 g/mol. The molecule has 0 radical (unpaired) electrons. The van der Waals surface area contributed by atoms with Crippen LogP contribution in [0.15, 0.2) is 11.5 Å². The second-order valence-corrected chi connectivity index (χ2v) is 4.29. The van der Waals surface area contributed by atoms with E-state index < -0.39 is 44.0 Å². The Labute approximate surface area is 88.4 Å². The van der Waals surface area contributed by atoms with E-state index in [1.807, 2.05) is 0 Å². The standard InChI is InChI=1S/C6H5O9P/c7-1-2(8)4(9)12-3(1)5(10)6(11)14-16(13-5)15-6/h3,7-8,10-11H/t3-,5-,6?,16?/m0/s1. The highest BCUT2D eigenvalue weighted by Crippen LogP contribution is 2.71. The van der Waals surface area contributed by atoms with Crippen LogP contribution in [-0.4, -0.2) is 44.3 Å². The number of ether oxygens (including phenoxy) is 1. The highest BCUT2D eigenvalue weighted by atomic mass is 31.2. The van der Waals surface area contributed by atoms with E-state index in [0.717, 1.165) is 0 Å². The predicted molar refractivity (Wildman–Crippen MR) is 42.2 cm³/mol. The highest BCUT2D eigenvalue weighted by Gasteiger charge is 2.79. The number of carbonyl (C=O) groups excluding carboxylic acids is 1. The van der Waals surface area contributed by atoms with Crippen LogP contribution in [0, 0.1) is 0 Å². The Morgan fingerprint density at radius 2 is 1.81 bits per heavy atom. The quantitative estimate of drug-likeness (QED) is 0.338. The van der Waals surface area contributed by atoms with Crippen molar-refractivity contribution < 1.29 is 43.5 Å². The minimum atomic E-state index is -2.59. The second-order valence-electron chi connectivity index (χ2n) is 3.29. The van der Waals surface area contributed by atoms with E-state index in [4.69, 9.17) is 9.63 Å². The van der Waals surface area contributed by atoms with Crippen LogP contribution in [0.5, 0.6) is 0 Å². The number of hydrogen-bond acceptors (Lipinski definition) is 9. The Balaban J connectivity index is 1.98. The van der Waals surface area contributed by atoms with Crippen molar-refractivity contribution in [3.63, 3.8) is 0 Å². The molecule has 10 heteroatoms. The van der Waals surface area contributed by atoms with E-state index in [1.165, 1.54) is 0 Å². The van der Waals surface area contributed by atoms with E-state index >= 15 is 0 Å². The number of cyclic esters (lactones) is 1. The van der Waals surface area contributed by atoms with Crippen molar-refractivity contribution in [2.45, 2.75) is 17.9 Å². The Bertz CT molecular complexity index is 412. The molecule has 0 spiro atoms. The van der Waals surface area contributed by atoms with Gasteiger partial charge in [0.2, 0.25) is 11.9 Å². The molecule has 0 aromatic carbocycles. The lowest BCUT2D eigenvalue weighted by Gasteiger charge is -2.34. The maximum atomic E-state index is 10.9. The first-order valence-electron chi connectivity index (χ1n) is 4.03. The molecule has 4 heterocycles. The van der Waals surface area contributed by atoms with Crippen LogP contribution in [0.3, 0.4) is 0 Å². The predicted octanol–water partition coefficient (Wildman–Crippen LogP) is -1.12. The lowest BCUT2D eigenvalue weighted by atomic mass is 10.1. The van der Waals surface area contributed by atoms with Gasteiger partial charge in [-0.2, -0.15) is 0 Å².